The fourth-order valence-electron chi connectivity index (χ4n) is 4.89. The Labute approximate surface area is 111 Å². The molecule has 1 saturated carbocycles. The van der Waals surface area contributed by atoms with E-state index in [0.29, 0.717) is 5.41 Å². The molecule has 2 aliphatic carbocycles. The van der Waals surface area contributed by atoms with Gasteiger partial charge in [0.25, 0.3) is 0 Å². The van der Waals surface area contributed by atoms with Gasteiger partial charge in [-0.2, -0.15) is 0 Å². The largest absolute Gasteiger partial charge is 0.313 e. The van der Waals surface area contributed by atoms with Gasteiger partial charge in [0, 0.05) is 11.5 Å². The number of hydrogen-bond acceptors (Lipinski definition) is 1. The smallest absolute Gasteiger partial charge is 0.0144 e. The number of benzene rings is 1. The number of rotatable bonds is 0. The van der Waals surface area contributed by atoms with Crippen molar-refractivity contribution >= 4 is 0 Å². The van der Waals surface area contributed by atoms with Crippen molar-refractivity contribution < 1.29 is 0 Å². The zero-order valence-electron chi connectivity index (χ0n) is 10.4. The summed E-state index contributed by atoms with van der Waals surface area (Å²) in [5, 5.41) is 3.79. The molecule has 2 fully saturated rings. The summed E-state index contributed by atoms with van der Waals surface area (Å²) < 4.78 is 0. The first-order valence-corrected chi connectivity index (χ1v) is 7.22. The predicted molar refractivity (Wildman–Crippen MR) is 76.9 cm³/mol. The van der Waals surface area contributed by atoms with Gasteiger partial charge in [0.1, 0.15) is 0 Å². The minimum Gasteiger partial charge on any atom is -0.313 e. The van der Waals surface area contributed by atoms with Gasteiger partial charge in [0.15, 0.2) is 0 Å². The summed E-state index contributed by atoms with van der Waals surface area (Å²) in [4.78, 5) is 0. The predicted octanol–water partition coefficient (Wildman–Crippen LogP) is 3.67. The highest BCUT2D eigenvalue weighted by atomic mass is 15.0. The summed E-state index contributed by atoms with van der Waals surface area (Å²) >= 11 is 0. The second kappa shape index (κ2) is 4.38. The number of piperidine rings is 1. The maximum absolute atomic E-state index is 3.79. The van der Waals surface area contributed by atoms with Crippen molar-refractivity contribution in [1.29, 1.82) is 0 Å². The highest BCUT2D eigenvalue weighted by Gasteiger charge is 2.51. The van der Waals surface area contributed by atoms with Crippen molar-refractivity contribution in [3.05, 3.63) is 35.4 Å². The summed E-state index contributed by atoms with van der Waals surface area (Å²) in [6.45, 7) is 1.23. The van der Waals surface area contributed by atoms with Gasteiger partial charge in [-0.25, -0.2) is 0 Å². The molecule has 18 heavy (non-hydrogen) atoms. The first kappa shape index (κ1) is 12.2. The minimum absolute atomic E-state index is 0. The molecule has 1 N–H and O–H groups in total. The lowest BCUT2D eigenvalue weighted by atomic mass is 9.53. The number of nitrogens with one attached hydrogen (secondary N) is 1. The van der Waals surface area contributed by atoms with E-state index in [0.717, 1.165) is 12.0 Å². The average molecular weight is 243 g/mol. The van der Waals surface area contributed by atoms with Crippen molar-refractivity contribution in [3.63, 3.8) is 0 Å². The van der Waals surface area contributed by atoms with Crippen LogP contribution in [0.2, 0.25) is 0 Å². The van der Waals surface area contributed by atoms with Gasteiger partial charge in [0.2, 0.25) is 0 Å². The van der Waals surface area contributed by atoms with Crippen LogP contribution in [-0.2, 0) is 11.8 Å². The molecule has 1 aromatic rings. The molecule has 0 unspecified atom stereocenters. The Hall–Kier alpha value is -0.820. The van der Waals surface area contributed by atoms with Crippen LogP contribution in [0, 0.1) is 5.92 Å². The van der Waals surface area contributed by atoms with Gasteiger partial charge >= 0.3 is 0 Å². The topological polar surface area (TPSA) is 12.0 Å². The SMILES string of the molecule is C.c1ccc2c(c1)C[C@H]1NCC[C@@]23CCCC[C@@H]13. The highest BCUT2D eigenvalue weighted by Crippen LogP contribution is 2.53. The third-order valence-electron chi connectivity index (χ3n) is 5.55. The Bertz CT molecular complexity index is 435. The van der Waals surface area contributed by atoms with E-state index >= 15 is 0 Å². The number of hydrogen-bond donors (Lipinski definition) is 1. The van der Waals surface area contributed by atoms with Crippen LogP contribution in [0.3, 0.4) is 0 Å². The first-order valence-electron chi connectivity index (χ1n) is 7.22. The molecule has 1 heteroatoms. The monoisotopic (exact) mass is 243 g/mol. The van der Waals surface area contributed by atoms with Gasteiger partial charge in [-0.05, 0) is 49.3 Å². The van der Waals surface area contributed by atoms with E-state index in [2.05, 4.69) is 29.6 Å². The molecular formula is C17H25N. The van der Waals surface area contributed by atoms with Crippen LogP contribution in [0.15, 0.2) is 24.3 Å². The van der Waals surface area contributed by atoms with Crippen molar-refractivity contribution in [1.82, 2.24) is 5.32 Å². The molecule has 1 saturated heterocycles. The van der Waals surface area contributed by atoms with Gasteiger partial charge < -0.3 is 5.32 Å². The molecule has 0 radical (unpaired) electrons. The molecule has 3 aliphatic rings. The molecule has 1 aliphatic heterocycles. The molecule has 4 rings (SSSR count). The van der Waals surface area contributed by atoms with Crippen molar-refractivity contribution in [2.45, 2.75) is 57.4 Å². The van der Waals surface area contributed by atoms with Crippen LogP contribution in [0.1, 0.15) is 50.7 Å². The average Bonchev–Trinajstić information content (AvgIpc) is 2.39. The molecule has 3 atom stereocenters. The first-order chi connectivity index (χ1) is 8.40. The van der Waals surface area contributed by atoms with E-state index < -0.39 is 0 Å². The van der Waals surface area contributed by atoms with Crippen molar-refractivity contribution in [2.24, 2.45) is 5.92 Å². The lowest BCUT2D eigenvalue weighted by molar-refractivity contribution is 0.0798. The third-order valence-corrected chi connectivity index (χ3v) is 5.55. The quantitative estimate of drug-likeness (QED) is 0.733. The van der Waals surface area contributed by atoms with E-state index in [4.69, 9.17) is 0 Å². The zero-order chi connectivity index (χ0) is 11.3. The Balaban J connectivity index is 0.000001000. The van der Waals surface area contributed by atoms with E-state index in [1.165, 1.54) is 45.1 Å². The van der Waals surface area contributed by atoms with Gasteiger partial charge in [0.05, 0.1) is 0 Å². The van der Waals surface area contributed by atoms with Gasteiger partial charge in [-0.15, -0.1) is 0 Å². The maximum Gasteiger partial charge on any atom is 0.0144 e. The van der Waals surface area contributed by atoms with E-state index in [9.17, 15) is 0 Å². The fraction of sp³-hybridized carbons (Fsp3) is 0.647. The molecule has 2 bridgehead atoms. The summed E-state index contributed by atoms with van der Waals surface area (Å²) in [6.07, 6.45) is 8.41. The van der Waals surface area contributed by atoms with E-state index in [1.54, 1.807) is 11.1 Å². The Morgan fingerprint density at radius 3 is 2.94 bits per heavy atom. The van der Waals surface area contributed by atoms with Crippen LogP contribution < -0.4 is 5.32 Å². The van der Waals surface area contributed by atoms with Crippen LogP contribution >= 0.6 is 0 Å². The van der Waals surface area contributed by atoms with Gasteiger partial charge in [-0.1, -0.05) is 44.5 Å². The molecule has 0 amide bonds. The van der Waals surface area contributed by atoms with Crippen LogP contribution in [-0.4, -0.2) is 12.6 Å². The van der Waals surface area contributed by atoms with Crippen LogP contribution in [0.4, 0.5) is 0 Å². The number of fused-ring (bicyclic) bond motifs is 1. The lowest BCUT2D eigenvalue weighted by Gasteiger charge is -2.56. The molecule has 1 heterocycles. The molecular weight excluding hydrogens is 218 g/mol. The van der Waals surface area contributed by atoms with Gasteiger partial charge in [-0.3, -0.25) is 0 Å². The Morgan fingerprint density at radius 1 is 1.11 bits per heavy atom. The Kier molecular flexibility index (Phi) is 2.97. The summed E-state index contributed by atoms with van der Waals surface area (Å²) in [7, 11) is 0. The fourth-order valence-corrected chi connectivity index (χ4v) is 4.89. The second-order valence-corrected chi connectivity index (χ2v) is 6.18. The normalized spacial score (nSPS) is 37.1. The molecule has 0 spiro atoms. The highest BCUT2D eigenvalue weighted by molar-refractivity contribution is 5.41. The summed E-state index contributed by atoms with van der Waals surface area (Å²) in [5.41, 5.74) is 3.88. The van der Waals surface area contributed by atoms with Crippen molar-refractivity contribution in [3.8, 4) is 0 Å². The van der Waals surface area contributed by atoms with Crippen LogP contribution in [0.5, 0.6) is 0 Å². The molecule has 1 aromatic carbocycles. The third kappa shape index (κ3) is 1.50. The van der Waals surface area contributed by atoms with E-state index in [-0.39, 0.29) is 7.43 Å². The summed E-state index contributed by atoms with van der Waals surface area (Å²) in [5.74, 6) is 0.917. The minimum atomic E-state index is 0. The standard InChI is InChI=1S/C16H21N.CH4/c1-2-6-13-12(5-1)11-15-14-7-3-4-8-16(13,14)9-10-17-15;/h1-2,5-6,14-15,17H,3-4,7-11H2;1H4/t14-,15+,16-;/m0./s1. The summed E-state index contributed by atoms with van der Waals surface area (Å²) in [6, 6.07) is 10.0. The second-order valence-electron chi connectivity index (χ2n) is 6.18. The Morgan fingerprint density at radius 2 is 2.00 bits per heavy atom. The van der Waals surface area contributed by atoms with E-state index in [1.807, 2.05) is 0 Å². The maximum atomic E-state index is 3.79. The molecule has 98 valence electrons. The zero-order valence-corrected chi connectivity index (χ0v) is 10.4. The van der Waals surface area contributed by atoms with Crippen LogP contribution in [0.25, 0.3) is 0 Å². The molecule has 0 aromatic heterocycles. The van der Waals surface area contributed by atoms with Crippen molar-refractivity contribution in [2.75, 3.05) is 6.54 Å². The molecule has 1 nitrogen and oxygen atoms in total. The lowest BCUT2D eigenvalue weighted by Crippen LogP contribution is -2.59.